The molecule has 18 unspecified atom stereocenters. The van der Waals surface area contributed by atoms with Gasteiger partial charge in [0.05, 0.1) is 0 Å². The predicted octanol–water partition coefficient (Wildman–Crippen LogP) is 30.5. The maximum Gasteiger partial charge on any atom is 0.0379 e. The van der Waals surface area contributed by atoms with Crippen molar-refractivity contribution in [3.8, 4) is 11.1 Å². The Morgan fingerprint density at radius 2 is 0.947 bits per heavy atom. The Labute approximate surface area is 845 Å². The molecule has 9 nitrogen and oxygen atoms in total. The molecular formula is C122H209N9Y-2. The molecule has 6 saturated carbocycles. The Hall–Kier alpha value is -3.42. The van der Waals surface area contributed by atoms with E-state index in [0.29, 0.717) is 45.2 Å². The van der Waals surface area contributed by atoms with E-state index in [1.54, 1.807) is 22.3 Å². The molecular weight excluding hydrogens is 1680 g/mol. The standard InChI is InChI=1S/C15H15N.C14H25N.2C13H17N.C12H19N.C11H21N.C11H15N.C11H21N.C9H17N.C3H8.3C2H6.4CH4.Y/c1-16-10-12-6-2-4-8-14(12)15-9-5-3-7-13(15)11-16;1-13(2)11-7-8-14(13,3)12-10(11)6-5-9-15(12)4;1-14-8-4-6-11-9-10-5-2-3-7-12(10)13(11)14;1-14-8-4-7-12-11-6-3-2-5-10(11)9-13(12)14;1-13-6-2-5-12(9-13)8-10-3-4-11(12)7-10;1-7-10(4)8(2)12(6)9(3)11(7,10)5;1-8-10-6-4-5-7-11(10)9(2)12(8)3;1-12-9-5-8-11(10-12)6-3-2-4-7-11;1-3-10(2)9-7-5-4-6-8-9;1-3-2;3*1-2;;;;;/h2-9H,10-11H2,1H3;10-12H,5-9H2,1-4H3;2-3,5,7,11,13H,4,6,8-9H2,1H3;2-3,5-6,12-13H,4,7-9H2,1H3;3-4,10-11H,2,5-9H2,1H3;7-9H,1-6H3;4-9H,1-3H3;2-10H2,1H3;7,9H,1,3-6,8H2,2H3;3H2,1-2H3;3*1-2H3;4*1H4;/q;;;;;;;;-2;;;;;;;;;. The Bertz CT molecular complexity index is 4000. The molecule has 0 N–H and O–H groups in total. The largest absolute Gasteiger partial charge is 0.362 e. The van der Waals surface area contributed by atoms with Gasteiger partial charge in [-0.25, -0.2) is 0 Å². The number of rotatable bonds is 2. The zero-order valence-corrected chi connectivity index (χ0v) is 90.5. The minimum absolute atomic E-state index is 0. The molecule has 747 valence electrons. The fourth-order valence-electron chi connectivity index (χ4n) is 28.9. The van der Waals surface area contributed by atoms with Crippen molar-refractivity contribution < 1.29 is 32.7 Å². The molecule has 18 atom stereocenters. The van der Waals surface area contributed by atoms with Gasteiger partial charge >= 0.3 is 0 Å². The van der Waals surface area contributed by atoms with Crippen LogP contribution in [0.3, 0.4) is 0 Å². The number of likely N-dealkylation sites (tertiary alicyclic amines) is 6. The van der Waals surface area contributed by atoms with E-state index in [4.69, 9.17) is 0 Å². The second-order valence-corrected chi connectivity index (χ2v) is 44.0. The van der Waals surface area contributed by atoms with Gasteiger partial charge in [0.1, 0.15) is 0 Å². The normalized spacial score (nSPS) is 33.0. The van der Waals surface area contributed by atoms with Gasteiger partial charge in [0.15, 0.2) is 0 Å². The number of hydrogen-bond acceptors (Lipinski definition) is 9. The van der Waals surface area contributed by atoms with Gasteiger partial charge < -0.3 is 37.8 Å². The van der Waals surface area contributed by atoms with Crippen molar-refractivity contribution in [1.29, 1.82) is 0 Å². The SMILES string of the molecule is C.C.C.C.CC.CC.CC.CC1N(C)C(C)C2(C)C(C)C12C.CC1c2ccccc2C(C)N1C.CCC.CN1CCCC2(CC3C=CC2C3)C1.CN1CCCC2(CCCCC2)C1.CN1CCCC2C3CCC(C)(C21)C3(C)C.CN1CCCC2Cc3ccccc3C21.CN1CCCC2c3ccccc3CC21.CN1Cc2ccccc2-c2ccccc2C1.[CH2-]CN(C)C1[CH-]CCCC1.[Y]. The van der Waals surface area contributed by atoms with E-state index >= 15 is 0 Å². The summed E-state index contributed by atoms with van der Waals surface area (Å²) in [5.41, 5.74) is 18.8. The third-order valence-electron chi connectivity index (χ3n) is 36.9. The van der Waals surface area contributed by atoms with Gasteiger partial charge in [-0.2, -0.15) is 6.42 Å². The average Bonchev–Trinajstić information content (AvgIpc) is 1.48. The van der Waals surface area contributed by atoms with Crippen molar-refractivity contribution in [2.24, 2.45) is 68.0 Å². The maximum absolute atomic E-state index is 3.87. The third kappa shape index (κ3) is 26.3. The summed E-state index contributed by atoms with van der Waals surface area (Å²) in [6, 6.07) is 49.9. The third-order valence-corrected chi connectivity index (χ3v) is 36.9. The first-order chi connectivity index (χ1) is 61.0. The van der Waals surface area contributed by atoms with Crippen LogP contribution in [0.5, 0.6) is 0 Å². The smallest absolute Gasteiger partial charge is 0.0379 e. The molecule has 10 heteroatoms. The van der Waals surface area contributed by atoms with Gasteiger partial charge in [-0.3, -0.25) is 19.6 Å². The fourth-order valence-corrected chi connectivity index (χ4v) is 28.9. The second-order valence-electron chi connectivity index (χ2n) is 44.0. The second kappa shape index (κ2) is 54.6. The molecule has 12 fully saturated rings. The number of likely N-dealkylation sites (N-methyl/N-ethyl adjacent to an activating group) is 1. The van der Waals surface area contributed by atoms with Crippen molar-refractivity contribution in [3.05, 3.63) is 191 Å². The number of nitrogens with zero attached hydrogens (tertiary/aromatic N) is 9. The Morgan fingerprint density at radius 1 is 0.462 bits per heavy atom. The number of allylic oxidation sites excluding steroid dienone is 2. The number of benzene rings is 5. The maximum atomic E-state index is 3.87. The van der Waals surface area contributed by atoms with Gasteiger partial charge in [-0.05, 0) is 363 Å². The van der Waals surface area contributed by atoms with Crippen LogP contribution in [0.15, 0.2) is 133 Å². The quantitative estimate of drug-likeness (QED) is 0.127. The van der Waals surface area contributed by atoms with E-state index in [1.165, 1.54) is 246 Å². The summed E-state index contributed by atoms with van der Waals surface area (Å²) in [6.07, 6.45) is 44.4. The van der Waals surface area contributed by atoms with Crippen molar-refractivity contribution in [2.75, 3.05) is 116 Å². The Morgan fingerprint density at radius 3 is 1.45 bits per heavy atom. The monoisotopic (exact) mass is 1890 g/mol. The van der Waals surface area contributed by atoms with E-state index < -0.39 is 0 Å². The van der Waals surface area contributed by atoms with Crippen molar-refractivity contribution >= 4 is 0 Å². The van der Waals surface area contributed by atoms with Crippen LogP contribution in [0, 0.1) is 81.3 Å². The van der Waals surface area contributed by atoms with E-state index in [9.17, 15) is 0 Å². The van der Waals surface area contributed by atoms with E-state index in [-0.39, 0.29) is 62.4 Å². The number of fused-ring (bicyclic) bond motifs is 19. The number of piperidine rings is 6. The first-order valence-corrected chi connectivity index (χ1v) is 53.0. The predicted molar refractivity (Wildman–Crippen MR) is 579 cm³/mol. The van der Waals surface area contributed by atoms with E-state index in [1.807, 2.05) is 41.5 Å². The summed E-state index contributed by atoms with van der Waals surface area (Å²) >= 11 is 0. The molecule has 0 aromatic heterocycles. The zero-order valence-electron chi connectivity index (χ0n) is 87.7. The molecule has 4 bridgehead atoms. The molecule has 132 heavy (non-hydrogen) atoms. The van der Waals surface area contributed by atoms with E-state index in [2.05, 4.69) is 337 Å². The summed E-state index contributed by atoms with van der Waals surface area (Å²) in [4.78, 5) is 22.5. The molecule has 5 aromatic carbocycles. The summed E-state index contributed by atoms with van der Waals surface area (Å²) < 4.78 is 0. The summed E-state index contributed by atoms with van der Waals surface area (Å²) in [5, 5.41) is 0. The molecule has 22 rings (SSSR count). The molecule has 9 aliphatic carbocycles. The fraction of sp³-hybridized carbons (Fsp3) is 0.721. The summed E-state index contributed by atoms with van der Waals surface area (Å²) in [7, 11) is 20.3. The van der Waals surface area contributed by atoms with Crippen LogP contribution in [0.25, 0.3) is 11.1 Å². The topological polar surface area (TPSA) is 29.2 Å². The number of hydrogen-bond donors (Lipinski definition) is 0. The molecule has 2 spiro atoms. The minimum Gasteiger partial charge on any atom is -0.362 e. The van der Waals surface area contributed by atoms with Crippen LogP contribution >= 0.6 is 0 Å². The molecule has 5 aromatic rings. The molecule has 8 aliphatic heterocycles. The van der Waals surface area contributed by atoms with Crippen molar-refractivity contribution in [1.82, 2.24) is 44.1 Å². The van der Waals surface area contributed by atoms with Gasteiger partial charge in [0.2, 0.25) is 0 Å². The van der Waals surface area contributed by atoms with Crippen LogP contribution in [0.4, 0.5) is 0 Å². The molecule has 17 aliphatic rings. The van der Waals surface area contributed by atoms with Crippen molar-refractivity contribution in [3.63, 3.8) is 0 Å². The first-order valence-electron chi connectivity index (χ1n) is 53.0. The van der Waals surface area contributed by atoms with Crippen LogP contribution in [-0.2, 0) is 58.6 Å². The minimum atomic E-state index is 0. The van der Waals surface area contributed by atoms with Gasteiger partial charge in [-0.15, -0.1) is 12.6 Å². The molecule has 1 radical (unpaired) electrons. The first kappa shape index (κ1) is 119. The van der Waals surface area contributed by atoms with Crippen LogP contribution < -0.4 is 0 Å². The van der Waals surface area contributed by atoms with Crippen LogP contribution in [0.1, 0.15) is 377 Å². The average molecular weight is 1890 g/mol. The van der Waals surface area contributed by atoms with Crippen molar-refractivity contribution in [2.45, 2.75) is 389 Å². The van der Waals surface area contributed by atoms with Crippen LogP contribution in [-0.4, -0.2) is 190 Å². The molecule has 0 amide bonds. The van der Waals surface area contributed by atoms with Gasteiger partial charge in [0, 0.05) is 107 Å². The van der Waals surface area contributed by atoms with Gasteiger partial charge in [-0.1, -0.05) is 305 Å². The summed E-state index contributed by atoms with van der Waals surface area (Å²) in [5.74, 6) is 6.52. The van der Waals surface area contributed by atoms with E-state index in [0.717, 1.165) is 96.7 Å². The summed E-state index contributed by atoms with van der Waals surface area (Å²) in [6.45, 7) is 56.7. The Balaban J connectivity index is 0.000000259. The van der Waals surface area contributed by atoms with Crippen LogP contribution in [0.2, 0.25) is 0 Å². The molecule has 8 heterocycles. The Kier molecular flexibility index (Phi) is 49.2. The van der Waals surface area contributed by atoms with Gasteiger partial charge in [0.25, 0.3) is 0 Å². The zero-order chi connectivity index (χ0) is 92.3. The molecule has 6 saturated heterocycles.